The fourth-order valence-electron chi connectivity index (χ4n) is 2.12. The quantitative estimate of drug-likeness (QED) is 0.798. The van der Waals surface area contributed by atoms with E-state index < -0.39 is 0 Å². The zero-order valence-electron chi connectivity index (χ0n) is 10.7. The van der Waals surface area contributed by atoms with Crippen LogP contribution in [0.5, 0.6) is 0 Å². The molecular weight excluding hydrogens is 196 g/mol. The molecule has 1 unspecified atom stereocenters. The Labute approximate surface area is 99.5 Å². The van der Waals surface area contributed by atoms with Gasteiger partial charge in [0.1, 0.15) is 0 Å². The third kappa shape index (κ3) is 3.62. The van der Waals surface area contributed by atoms with Gasteiger partial charge in [-0.3, -0.25) is 4.90 Å². The van der Waals surface area contributed by atoms with Gasteiger partial charge >= 0.3 is 0 Å². The van der Waals surface area contributed by atoms with Crippen LogP contribution < -0.4 is 5.73 Å². The topological polar surface area (TPSA) is 29.3 Å². The highest BCUT2D eigenvalue weighted by atomic mass is 15.2. The summed E-state index contributed by atoms with van der Waals surface area (Å²) >= 11 is 0. The molecule has 2 heteroatoms. The third-order valence-corrected chi connectivity index (χ3v) is 2.85. The molecule has 1 aromatic rings. The first kappa shape index (κ1) is 13.2. The summed E-state index contributed by atoms with van der Waals surface area (Å²) in [4.78, 5) is 2.46. The largest absolute Gasteiger partial charge is 0.329 e. The molecule has 2 nitrogen and oxygen atoms in total. The third-order valence-electron chi connectivity index (χ3n) is 2.85. The van der Waals surface area contributed by atoms with Crippen molar-refractivity contribution in [2.24, 2.45) is 11.7 Å². The standard InChI is InChI=1S/C14H24N2/c1-4-16(11-12(2)3)14(10-15)13-8-6-5-7-9-13/h5-9,12,14H,4,10-11,15H2,1-3H3. The SMILES string of the molecule is CCN(CC(C)C)C(CN)c1ccccc1. The number of rotatable bonds is 6. The van der Waals surface area contributed by atoms with Crippen molar-refractivity contribution in [2.45, 2.75) is 26.8 Å². The average molecular weight is 220 g/mol. The molecule has 0 saturated heterocycles. The van der Waals surface area contributed by atoms with Gasteiger partial charge in [0.05, 0.1) is 0 Å². The van der Waals surface area contributed by atoms with E-state index in [2.05, 4.69) is 56.0 Å². The first-order valence-electron chi connectivity index (χ1n) is 6.18. The van der Waals surface area contributed by atoms with Crippen LogP contribution in [0, 0.1) is 5.92 Å². The van der Waals surface area contributed by atoms with Crippen LogP contribution in [0.15, 0.2) is 30.3 Å². The summed E-state index contributed by atoms with van der Waals surface area (Å²) in [5, 5.41) is 0. The number of benzene rings is 1. The molecular formula is C14H24N2. The van der Waals surface area contributed by atoms with Gasteiger partial charge in [0.15, 0.2) is 0 Å². The second-order valence-electron chi connectivity index (χ2n) is 4.64. The highest BCUT2D eigenvalue weighted by Crippen LogP contribution is 2.20. The van der Waals surface area contributed by atoms with Gasteiger partial charge in [-0.05, 0) is 18.0 Å². The Morgan fingerprint density at radius 2 is 1.81 bits per heavy atom. The fraction of sp³-hybridized carbons (Fsp3) is 0.571. The van der Waals surface area contributed by atoms with Crippen molar-refractivity contribution in [3.05, 3.63) is 35.9 Å². The van der Waals surface area contributed by atoms with Crippen LogP contribution in [-0.2, 0) is 0 Å². The lowest BCUT2D eigenvalue weighted by molar-refractivity contribution is 0.189. The van der Waals surface area contributed by atoms with Crippen molar-refractivity contribution in [3.8, 4) is 0 Å². The monoisotopic (exact) mass is 220 g/mol. The first-order chi connectivity index (χ1) is 7.69. The van der Waals surface area contributed by atoms with Gasteiger partial charge in [0.2, 0.25) is 0 Å². The molecule has 0 heterocycles. The van der Waals surface area contributed by atoms with Crippen molar-refractivity contribution < 1.29 is 0 Å². The van der Waals surface area contributed by atoms with Crippen LogP contribution in [0.3, 0.4) is 0 Å². The Bertz CT molecular complexity index is 282. The van der Waals surface area contributed by atoms with E-state index in [4.69, 9.17) is 5.73 Å². The zero-order valence-corrected chi connectivity index (χ0v) is 10.7. The van der Waals surface area contributed by atoms with Crippen LogP contribution in [0.2, 0.25) is 0 Å². The van der Waals surface area contributed by atoms with Gasteiger partial charge in [-0.1, -0.05) is 51.1 Å². The van der Waals surface area contributed by atoms with Crippen molar-refractivity contribution >= 4 is 0 Å². The molecule has 1 atom stereocenters. The van der Waals surface area contributed by atoms with Crippen LogP contribution >= 0.6 is 0 Å². The minimum absolute atomic E-state index is 0.355. The Morgan fingerprint density at radius 3 is 2.25 bits per heavy atom. The number of nitrogens with two attached hydrogens (primary N) is 1. The molecule has 1 aromatic carbocycles. The fourth-order valence-corrected chi connectivity index (χ4v) is 2.12. The first-order valence-corrected chi connectivity index (χ1v) is 6.18. The molecule has 90 valence electrons. The van der Waals surface area contributed by atoms with E-state index in [9.17, 15) is 0 Å². The van der Waals surface area contributed by atoms with Gasteiger partial charge in [-0.15, -0.1) is 0 Å². The molecule has 0 spiro atoms. The Morgan fingerprint density at radius 1 is 1.19 bits per heavy atom. The molecule has 0 aliphatic heterocycles. The maximum Gasteiger partial charge on any atom is 0.0470 e. The number of nitrogens with zero attached hydrogens (tertiary/aromatic N) is 1. The highest BCUT2D eigenvalue weighted by molar-refractivity contribution is 5.19. The zero-order chi connectivity index (χ0) is 12.0. The second kappa shape index (κ2) is 6.66. The lowest BCUT2D eigenvalue weighted by atomic mass is 10.0. The van der Waals surface area contributed by atoms with Gasteiger partial charge in [0.25, 0.3) is 0 Å². The summed E-state index contributed by atoms with van der Waals surface area (Å²) in [6.45, 7) is 9.54. The molecule has 2 N–H and O–H groups in total. The lowest BCUT2D eigenvalue weighted by Crippen LogP contribution is -2.36. The minimum atomic E-state index is 0.355. The van der Waals surface area contributed by atoms with Crippen molar-refractivity contribution in [1.29, 1.82) is 0 Å². The number of hydrogen-bond donors (Lipinski definition) is 1. The van der Waals surface area contributed by atoms with Gasteiger partial charge in [0, 0.05) is 19.1 Å². The molecule has 0 aliphatic carbocycles. The van der Waals surface area contributed by atoms with E-state index in [1.807, 2.05) is 0 Å². The van der Waals surface area contributed by atoms with Gasteiger partial charge in [-0.25, -0.2) is 0 Å². The molecule has 16 heavy (non-hydrogen) atoms. The molecule has 1 rings (SSSR count). The highest BCUT2D eigenvalue weighted by Gasteiger charge is 2.17. The van der Waals surface area contributed by atoms with Crippen LogP contribution in [-0.4, -0.2) is 24.5 Å². The average Bonchev–Trinajstić information content (AvgIpc) is 2.29. The van der Waals surface area contributed by atoms with Crippen molar-refractivity contribution in [2.75, 3.05) is 19.6 Å². The van der Waals surface area contributed by atoms with E-state index >= 15 is 0 Å². The van der Waals surface area contributed by atoms with E-state index in [0.717, 1.165) is 13.1 Å². The predicted molar refractivity (Wildman–Crippen MR) is 70.3 cm³/mol. The van der Waals surface area contributed by atoms with Crippen molar-refractivity contribution in [1.82, 2.24) is 4.90 Å². The molecule has 0 amide bonds. The molecule has 0 aliphatic rings. The van der Waals surface area contributed by atoms with E-state index in [-0.39, 0.29) is 0 Å². The normalized spacial score (nSPS) is 13.4. The predicted octanol–water partition coefficient (Wildman–Crippen LogP) is 2.66. The van der Waals surface area contributed by atoms with E-state index in [0.29, 0.717) is 18.5 Å². The minimum Gasteiger partial charge on any atom is -0.329 e. The van der Waals surface area contributed by atoms with E-state index in [1.54, 1.807) is 0 Å². The lowest BCUT2D eigenvalue weighted by Gasteiger charge is -2.31. The Kier molecular flexibility index (Phi) is 5.50. The summed E-state index contributed by atoms with van der Waals surface area (Å²) in [5.41, 5.74) is 7.24. The van der Waals surface area contributed by atoms with Crippen LogP contribution in [0.25, 0.3) is 0 Å². The van der Waals surface area contributed by atoms with Crippen LogP contribution in [0.1, 0.15) is 32.4 Å². The Hall–Kier alpha value is -0.860. The second-order valence-corrected chi connectivity index (χ2v) is 4.64. The Balaban J connectivity index is 2.79. The van der Waals surface area contributed by atoms with E-state index in [1.165, 1.54) is 5.56 Å². The summed E-state index contributed by atoms with van der Waals surface area (Å²) in [5.74, 6) is 0.678. The number of likely N-dealkylation sites (N-methyl/N-ethyl adjacent to an activating group) is 1. The summed E-state index contributed by atoms with van der Waals surface area (Å²) in [7, 11) is 0. The van der Waals surface area contributed by atoms with Gasteiger partial charge < -0.3 is 5.73 Å². The molecule has 0 fully saturated rings. The maximum atomic E-state index is 5.92. The summed E-state index contributed by atoms with van der Waals surface area (Å²) in [6.07, 6.45) is 0. The molecule has 0 radical (unpaired) electrons. The van der Waals surface area contributed by atoms with Crippen molar-refractivity contribution in [3.63, 3.8) is 0 Å². The van der Waals surface area contributed by atoms with Gasteiger partial charge in [-0.2, -0.15) is 0 Å². The summed E-state index contributed by atoms with van der Waals surface area (Å²) in [6, 6.07) is 10.9. The molecule has 0 bridgehead atoms. The van der Waals surface area contributed by atoms with Crippen LogP contribution in [0.4, 0.5) is 0 Å². The summed E-state index contributed by atoms with van der Waals surface area (Å²) < 4.78 is 0. The number of hydrogen-bond acceptors (Lipinski definition) is 2. The smallest absolute Gasteiger partial charge is 0.0470 e. The molecule has 0 aromatic heterocycles. The molecule has 0 saturated carbocycles. The maximum absolute atomic E-state index is 5.92.